The number of esters is 1. The zero-order chi connectivity index (χ0) is 15.0. The van der Waals surface area contributed by atoms with Crippen LogP contribution < -0.4 is 9.47 Å². The summed E-state index contributed by atoms with van der Waals surface area (Å²) in [7, 11) is 3.06. The van der Waals surface area contributed by atoms with Gasteiger partial charge in [-0.25, -0.2) is 4.79 Å². The molecular formula is C14H18O6. The summed E-state index contributed by atoms with van der Waals surface area (Å²) in [5.74, 6) is 0.546. The van der Waals surface area contributed by atoms with Gasteiger partial charge in [-0.15, -0.1) is 0 Å². The summed E-state index contributed by atoms with van der Waals surface area (Å²) in [5.41, 5.74) is 0.738. The van der Waals surface area contributed by atoms with Crippen LogP contribution in [0.5, 0.6) is 11.5 Å². The molecule has 0 spiro atoms. The zero-order valence-corrected chi connectivity index (χ0v) is 11.4. The van der Waals surface area contributed by atoms with Gasteiger partial charge in [0, 0.05) is 6.08 Å². The summed E-state index contributed by atoms with van der Waals surface area (Å²) in [6, 6.07) is 5.19. The van der Waals surface area contributed by atoms with Crippen LogP contribution in [0.25, 0.3) is 6.08 Å². The number of aliphatic hydroxyl groups excluding tert-OH is 2. The molecule has 1 atom stereocenters. The van der Waals surface area contributed by atoms with E-state index in [0.717, 1.165) is 5.56 Å². The van der Waals surface area contributed by atoms with Gasteiger partial charge in [0.25, 0.3) is 0 Å². The van der Waals surface area contributed by atoms with Crippen molar-refractivity contribution in [3.05, 3.63) is 29.8 Å². The Morgan fingerprint density at radius 1 is 1.30 bits per heavy atom. The van der Waals surface area contributed by atoms with Gasteiger partial charge >= 0.3 is 5.97 Å². The molecule has 0 aliphatic heterocycles. The molecule has 0 heterocycles. The molecule has 0 bridgehead atoms. The summed E-state index contributed by atoms with van der Waals surface area (Å²) in [6.07, 6.45) is 1.72. The first-order chi connectivity index (χ1) is 9.60. The van der Waals surface area contributed by atoms with Crippen molar-refractivity contribution in [3.8, 4) is 11.5 Å². The molecule has 110 valence electrons. The number of hydrogen-bond donors (Lipinski definition) is 2. The molecule has 1 unspecified atom stereocenters. The van der Waals surface area contributed by atoms with Gasteiger partial charge in [-0.05, 0) is 23.8 Å². The SMILES string of the molecule is COc1ccc(/C=C/C(=O)OCC(O)CO)cc1OC. The fourth-order valence-corrected chi connectivity index (χ4v) is 1.40. The van der Waals surface area contributed by atoms with Crippen LogP contribution in [0.15, 0.2) is 24.3 Å². The fraction of sp³-hybridized carbons (Fsp3) is 0.357. The molecule has 6 nitrogen and oxygen atoms in total. The summed E-state index contributed by atoms with van der Waals surface area (Å²) < 4.78 is 15.0. The maximum Gasteiger partial charge on any atom is 0.330 e. The van der Waals surface area contributed by atoms with Gasteiger partial charge in [0.15, 0.2) is 11.5 Å². The van der Waals surface area contributed by atoms with Crippen molar-refractivity contribution in [1.29, 1.82) is 0 Å². The molecule has 0 aromatic heterocycles. The van der Waals surface area contributed by atoms with Crippen LogP contribution in [-0.2, 0) is 9.53 Å². The highest BCUT2D eigenvalue weighted by molar-refractivity contribution is 5.87. The van der Waals surface area contributed by atoms with Crippen LogP contribution in [0.4, 0.5) is 0 Å². The first-order valence-electron chi connectivity index (χ1n) is 5.96. The Bertz CT molecular complexity index is 469. The second-order valence-electron chi connectivity index (χ2n) is 3.91. The van der Waals surface area contributed by atoms with Gasteiger partial charge in [-0.2, -0.15) is 0 Å². The molecule has 0 saturated carbocycles. The van der Waals surface area contributed by atoms with Gasteiger partial charge in [0.05, 0.1) is 20.8 Å². The number of aliphatic hydroxyl groups is 2. The lowest BCUT2D eigenvalue weighted by Crippen LogP contribution is -2.21. The topological polar surface area (TPSA) is 85.2 Å². The van der Waals surface area contributed by atoms with Gasteiger partial charge in [-0.1, -0.05) is 6.07 Å². The predicted molar refractivity (Wildman–Crippen MR) is 72.6 cm³/mol. The molecule has 1 rings (SSSR count). The van der Waals surface area contributed by atoms with Crippen LogP contribution >= 0.6 is 0 Å². The third-order valence-electron chi connectivity index (χ3n) is 2.45. The molecule has 0 aliphatic rings. The van der Waals surface area contributed by atoms with Crippen molar-refractivity contribution in [2.75, 3.05) is 27.4 Å². The summed E-state index contributed by atoms with van der Waals surface area (Å²) in [5, 5.41) is 17.6. The Labute approximate surface area is 117 Å². The van der Waals surface area contributed by atoms with E-state index in [1.54, 1.807) is 24.3 Å². The van der Waals surface area contributed by atoms with Gasteiger partial charge in [-0.3, -0.25) is 0 Å². The number of benzene rings is 1. The fourth-order valence-electron chi connectivity index (χ4n) is 1.40. The van der Waals surface area contributed by atoms with E-state index in [4.69, 9.17) is 24.4 Å². The second kappa shape index (κ2) is 8.19. The predicted octanol–water partition coefficient (Wildman–Crippen LogP) is 0.613. The van der Waals surface area contributed by atoms with Crippen molar-refractivity contribution in [1.82, 2.24) is 0 Å². The molecule has 6 heteroatoms. The van der Waals surface area contributed by atoms with E-state index in [1.807, 2.05) is 0 Å². The molecule has 2 N–H and O–H groups in total. The van der Waals surface area contributed by atoms with Gasteiger partial charge in [0.2, 0.25) is 0 Å². The highest BCUT2D eigenvalue weighted by Gasteiger charge is 2.06. The maximum atomic E-state index is 11.4. The van der Waals surface area contributed by atoms with E-state index >= 15 is 0 Å². The normalized spacial score (nSPS) is 12.2. The molecule has 0 saturated heterocycles. The molecule has 0 amide bonds. The number of carbonyl (C=O) groups is 1. The highest BCUT2D eigenvalue weighted by atomic mass is 16.5. The minimum Gasteiger partial charge on any atom is -0.493 e. The lowest BCUT2D eigenvalue weighted by molar-refractivity contribution is -0.141. The molecular weight excluding hydrogens is 264 g/mol. The molecule has 1 aromatic rings. The smallest absolute Gasteiger partial charge is 0.330 e. The largest absolute Gasteiger partial charge is 0.493 e. The highest BCUT2D eigenvalue weighted by Crippen LogP contribution is 2.27. The maximum absolute atomic E-state index is 11.4. The van der Waals surface area contributed by atoms with Crippen molar-refractivity contribution in [3.63, 3.8) is 0 Å². The number of ether oxygens (including phenoxy) is 3. The quantitative estimate of drug-likeness (QED) is 0.563. The lowest BCUT2D eigenvalue weighted by Gasteiger charge is -2.08. The van der Waals surface area contributed by atoms with Crippen LogP contribution in [0.1, 0.15) is 5.56 Å². The third kappa shape index (κ3) is 4.91. The summed E-state index contributed by atoms with van der Waals surface area (Å²) in [4.78, 5) is 11.4. The number of methoxy groups -OCH3 is 2. The van der Waals surface area contributed by atoms with E-state index in [2.05, 4.69) is 0 Å². The summed E-state index contributed by atoms with van der Waals surface area (Å²) >= 11 is 0. The Morgan fingerprint density at radius 2 is 2.00 bits per heavy atom. The standard InChI is InChI=1S/C14H18O6/c1-18-12-5-3-10(7-13(12)19-2)4-6-14(17)20-9-11(16)8-15/h3-7,11,15-16H,8-9H2,1-2H3/b6-4+. The van der Waals surface area contributed by atoms with Crippen LogP contribution in [0.2, 0.25) is 0 Å². The van der Waals surface area contributed by atoms with E-state index < -0.39 is 18.7 Å². The molecule has 0 fully saturated rings. The first kappa shape index (κ1) is 16.0. The molecule has 0 aliphatic carbocycles. The van der Waals surface area contributed by atoms with Crippen LogP contribution in [0.3, 0.4) is 0 Å². The van der Waals surface area contributed by atoms with Gasteiger partial charge in [0.1, 0.15) is 12.7 Å². The Hall–Kier alpha value is -2.05. The minimum atomic E-state index is -1.06. The average molecular weight is 282 g/mol. The van der Waals surface area contributed by atoms with E-state index in [-0.39, 0.29) is 6.61 Å². The van der Waals surface area contributed by atoms with Crippen molar-refractivity contribution in [2.45, 2.75) is 6.10 Å². The van der Waals surface area contributed by atoms with E-state index in [0.29, 0.717) is 11.5 Å². The first-order valence-corrected chi connectivity index (χ1v) is 5.96. The molecule has 1 aromatic carbocycles. The zero-order valence-electron chi connectivity index (χ0n) is 11.4. The average Bonchev–Trinajstić information content (AvgIpc) is 2.49. The monoisotopic (exact) mass is 282 g/mol. The molecule has 0 radical (unpaired) electrons. The number of hydrogen-bond acceptors (Lipinski definition) is 6. The Kier molecular flexibility index (Phi) is 6.55. The molecule has 20 heavy (non-hydrogen) atoms. The third-order valence-corrected chi connectivity index (χ3v) is 2.45. The van der Waals surface area contributed by atoms with Crippen LogP contribution in [0, 0.1) is 0 Å². The minimum absolute atomic E-state index is 0.244. The van der Waals surface area contributed by atoms with Gasteiger partial charge < -0.3 is 24.4 Å². The van der Waals surface area contributed by atoms with Crippen molar-refractivity contribution >= 4 is 12.0 Å². The lowest BCUT2D eigenvalue weighted by atomic mass is 10.2. The van der Waals surface area contributed by atoms with Crippen molar-refractivity contribution < 1.29 is 29.2 Å². The summed E-state index contributed by atoms with van der Waals surface area (Å²) in [6.45, 7) is -0.696. The van der Waals surface area contributed by atoms with Crippen molar-refractivity contribution in [2.24, 2.45) is 0 Å². The second-order valence-corrected chi connectivity index (χ2v) is 3.91. The number of carbonyl (C=O) groups excluding carboxylic acids is 1. The van der Waals surface area contributed by atoms with E-state index in [9.17, 15) is 4.79 Å². The van der Waals surface area contributed by atoms with Crippen LogP contribution in [-0.4, -0.2) is 49.7 Å². The number of rotatable bonds is 7. The Morgan fingerprint density at radius 3 is 2.60 bits per heavy atom. The Balaban J connectivity index is 2.63. The van der Waals surface area contributed by atoms with E-state index in [1.165, 1.54) is 20.3 Å².